The van der Waals surface area contributed by atoms with Crippen LogP contribution in [-0.2, 0) is 11.2 Å². The molecule has 0 aliphatic rings. The number of aliphatic imine (C=N–C) groups is 1. The van der Waals surface area contributed by atoms with E-state index in [9.17, 15) is 4.79 Å². The monoisotopic (exact) mass is 163 g/mol. The number of phenols is 1. The Labute approximate surface area is 70.4 Å². The van der Waals surface area contributed by atoms with Crippen LogP contribution in [0.4, 0.5) is 0 Å². The first-order valence-electron chi connectivity index (χ1n) is 3.64. The van der Waals surface area contributed by atoms with Gasteiger partial charge in [0.05, 0.1) is 6.54 Å². The number of nitrogens with zero attached hydrogens (tertiary/aromatic N) is 1. The molecule has 0 aromatic heterocycles. The van der Waals surface area contributed by atoms with Gasteiger partial charge in [-0.1, -0.05) is 12.1 Å². The van der Waals surface area contributed by atoms with Crippen LogP contribution >= 0.6 is 0 Å². The molecule has 0 bridgehead atoms. The van der Waals surface area contributed by atoms with Crippen LogP contribution in [0.15, 0.2) is 29.3 Å². The summed E-state index contributed by atoms with van der Waals surface area (Å²) in [6.07, 6.45) is 2.12. The normalized spacial score (nSPS) is 9.00. The lowest BCUT2D eigenvalue weighted by Gasteiger charge is -1.97. The molecule has 1 aromatic rings. The van der Waals surface area contributed by atoms with E-state index in [1.807, 2.05) is 6.07 Å². The van der Waals surface area contributed by atoms with Gasteiger partial charge in [-0.15, -0.1) is 0 Å². The fourth-order valence-corrected chi connectivity index (χ4v) is 0.943. The van der Waals surface area contributed by atoms with Gasteiger partial charge in [-0.25, -0.2) is 9.79 Å². The van der Waals surface area contributed by atoms with Crippen molar-refractivity contribution in [3.8, 4) is 5.75 Å². The Hall–Kier alpha value is -1.60. The van der Waals surface area contributed by atoms with E-state index in [1.54, 1.807) is 18.2 Å². The van der Waals surface area contributed by atoms with E-state index in [0.717, 1.165) is 5.56 Å². The van der Waals surface area contributed by atoms with Gasteiger partial charge < -0.3 is 5.11 Å². The molecule has 0 amide bonds. The van der Waals surface area contributed by atoms with Gasteiger partial charge in [0, 0.05) is 0 Å². The quantitative estimate of drug-likeness (QED) is 0.538. The van der Waals surface area contributed by atoms with Crippen molar-refractivity contribution in [3.63, 3.8) is 0 Å². The van der Waals surface area contributed by atoms with Crippen LogP contribution < -0.4 is 0 Å². The molecule has 0 heterocycles. The largest absolute Gasteiger partial charge is 0.508 e. The van der Waals surface area contributed by atoms with Crippen molar-refractivity contribution in [2.24, 2.45) is 4.99 Å². The Balaban J connectivity index is 2.57. The Bertz CT molecular complexity index is 303. The molecule has 3 nitrogen and oxygen atoms in total. The predicted octanol–water partition coefficient (Wildman–Crippen LogP) is 1.27. The second-order valence-electron chi connectivity index (χ2n) is 2.39. The van der Waals surface area contributed by atoms with Crippen LogP contribution in [0.3, 0.4) is 0 Å². The van der Waals surface area contributed by atoms with Gasteiger partial charge >= 0.3 is 0 Å². The average Bonchev–Trinajstić information content (AvgIpc) is 2.05. The Kier molecular flexibility index (Phi) is 3.05. The van der Waals surface area contributed by atoms with Crippen molar-refractivity contribution in [1.82, 2.24) is 0 Å². The molecule has 0 unspecified atom stereocenters. The minimum atomic E-state index is 0.239. The van der Waals surface area contributed by atoms with Gasteiger partial charge in [0.1, 0.15) is 5.75 Å². The molecule has 0 saturated carbocycles. The molecule has 1 N–H and O–H groups in total. The molecule has 0 spiro atoms. The van der Waals surface area contributed by atoms with E-state index in [4.69, 9.17) is 5.11 Å². The van der Waals surface area contributed by atoms with E-state index < -0.39 is 0 Å². The molecule has 1 aromatic carbocycles. The summed E-state index contributed by atoms with van der Waals surface area (Å²) in [6.45, 7) is 0.424. The molecule has 0 aliphatic heterocycles. The zero-order chi connectivity index (χ0) is 8.81. The summed E-state index contributed by atoms with van der Waals surface area (Å²) in [6, 6.07) is 6.89. The Morgan fingerprint density at radius 2 is 2.33 bits per heavy atom. The Morgan fingerprint density at radius 1 is 1.50 bits per heavy atom. The molecule has 12 heavy (non-hydrogen) atoms. The number of isocyanates is 1. The molecule has 1 rings (SSSR count). The zero-order valence-electron chi connectivity index (χ0n) is 6.53. The number of hydrogen-bond acceptors (Lipinski definition) is 3. The summed E-state index contributed by atoms with van der Waals surface area (Å²) in [7, 11) is 0. The van der Waals surface area contributed by atoms with Crippen LogP contribution in [0, 0.1) is 0 Å². The minimum absolute atomic E-state index is 0.239. The van der Waals surface area contributed by atoms with Crippen molar-refractivity contribution in [1.29, 1.82) is 0 Å². The van der Waals surface area contributed by atoms with Gasteiger partial charge in [-0.2, -0.15) is 0 Å². The maximum Gasteiger partial charge on any atom is 0.234 e. The number of benzene rings is 1. The summed E-state index contributed by atoms with van der Waals surface area (Å²) < 4.78 is 0. The lowest BCUT2D eigenvalue weighted by atomic mass is 10.1. The highest BCUT2D eigenvalue weighted by Gasteiger charge is 1.92. The predicted molar refractivity (Wildman–Crippen MR) is 44.8 cm³/mol. The van der Waals surface area contributed by atoms with Crippen LogP contribution in [0.2, 0.25) is 0 Å². The number of hydrogen-bond donors (Lipinski definition) is 1. The standard InChI is InChI=1S/C9H9NO2/c11-7-10-5-4-8-2-1-3-9(12)6-8/h1-3,6,12H,4-5H2. The second kappa shape index (κ2) is 4.31. The summed E-state index contributed by atoms with van der Waals surface area (Å²) in [5.41, 5.74) is 0.967. The maximum absolute atomic E-state index is 9.72. The molecule has 0 fully saturated rings. The molecular weight excluding hydrogens is 154 g/mol. The van der Waals surface area contributed by atoms with Gasteiger partial charge in [-0.3, -0.25) is 0 Å². The minimum Gasteiger partial charge on any atom is -0.508 e. The van der Waals surface area contributed by atoms with Gasteiger partial charge in [0.25, 0.3) is 0 Å². The van der Waals surface area contributed by atoms with Gasteiger partial charge in [0.2, 0.25) is 6.08 Å². The van der Waals surface area contributed by atoms with Crippen molar-refractivity contribution in [2.45, 2.75) is 6.42 Å². The molecule has 0 radical (unpaired) electrons. The molecule has 62 valence electrons. The third-order valence-corrected chi connectivity index (χ3v) is 1.49. The fraction of sp³-hybridized carbons (Fsp3) is 0.222. The van der Waals surface area contributed by atoms with Gasteiger partial charge in [-0.05, 0) is 24.1 Å². The highest BCUT2D eigenvalue weighted by atomic mass is 16.3. The summed E-state index contributed by atoms with van der Waals surface area (Å²) in [5.74, 6) is 0.239. The van der Waals surface area contributed by atoms with Crippen molar-refractivity contribution in [2.75, 3.05) is 6.54 Å². The van der Waals surface area contributed by atoms with E-state index >= 15 is 0 Å². The topological polar surface area (TPSA) is 49.7 Å². The highest BCUT2D eigenvalue weighted by molar-refractivity contribution is 5.33. The first-order valence-corrected chi connectivity index (χ1v) is 3.64. The number of carbonyl (C=O) groups excluding carboxylic acids is 1. The number of aromatic hydroxyl groups is 1. The van der Waals surface area contributed by atoms with Crippen LogP contribution in [-0.4, -0.2) is 17.7 Å². The molecule has 0 atom stereocenters. The number of phenolic OH excluding ortho intramolecular Hbond substituents is 1. The van der Waals surface area contributed by atoms with Crippen molar-refractivity contribution >= 4 is 6.08 Å². The molecule has 0 aliphatic carbocycles. The van der Waals surface area contributed by atoms with Crippen LogP contribution in [0.5, 0.6) is 5.75 Å². The van der Waals surface area contributed by atoms with Crippen LogP contribution in [0.1, 0.15) is 5.56 Å². The van der Waals surface area contributed by atoms with Gasteiger partial charge in [0.15, 0.2) is 0 Å². The van der Waals surface area contributed by atoms with E-state index in [2.05, 4.69) is 4.99 Å². The number of rotatable bonds is 3. The van der Waals surface area contributed by atoms with E-state index in [-0.39, 0.29) is 5.75 Å². The SMILES string of the molecule is O=C=NCCc1cccc(O)c1. The first-order chi connectivity index (χ1) is 5.83. The Morgan fingerprint density at radius 3 is 3.00 bits per heavy atom. The maximum atomic E-state index is 9.72. The highest BCUT2D eigenvalue weighted by Crippen LogP contribution is 2.10. The average molecular weight is 163 g/mol. The second-order valence-corrected chi connectivity index (χ2v) is 2.39. The molecule has 0 saturated heterocycles. The first kappa shape index (κ1) is 8.50. The summed E-state index contributed by atoms with van der Waals surface area (Å²) in [5, 5.41) is 9.06. The van der Waals surface area contributed by atoms with Crippen molar-refractivity contribution < 1.29 is 9.90 Å². The smallest absolute Gasteiger partial charge is 0.234 e. The third kappa shape index (κ3) is 2.56. The third-order valence-electron chi connectivity index (χ3n) is 1.49. The fourth-order valence-electron chi connectivity index (χ4n) is 0.943. The van der Waals surface area contributed by atoms with E-state index in [1.165, 1.54) is 6.08 Å². The summed E-state index contributed by atoms with van der Waals surface area (Å²) in [4.78, 5) is 13.1. The van der Waals surface area contributed by atoms with Crippen LogP contribution in [0.25, 0.3) is 0 Å². The lowest BCUT2D eigenvalue weighted by Crippen LogP contribution is -1.87. The molecule has 3 heteroatoms. The lowest BCUT2D eigenvalue weighted by molar-refractivity contribution is 0.474. The summed E-state index contributed by atoms with van der Waals surface area (Å²) >= 11 is 0. The molecular formula is C9H9NO2. The van der Waals surface area contributed by atoms with E-state index in [0.29, 0.717) is 13.0 Å². The zero-order valence-corrected chi connectivity index (χ0v) is 6.53. The van der Waals surface area contributed by atoms with Crippen molar-refractivity contribution in [3.05, 3.63) is 29.8 Å².